The molecule has 2 atom stereocenters. The van der Waals surface area contributed by atoms with E-state index in [-0.39, 0.29) is 18.6 Å². The molecule has 1 aromatic rings. The van der Waals surface area contributed by atoms with Crippen LogP contribution in [0.3, 0.4) is 0 Å². The van der Waals surface area contributed by atoms with Gasteiger partial charge in [-0.2, -0.15) is 0 Å². The summed E-state index contributed by atoms with van der Waals surface area (Å²) in [5.74, 6) is 2.00. The van der Waals surface area contributed by atoms with Gasteiger partial charge in [-0.25, -0.2) is 0 Å². The SMILES string of the molecule is CC1CC(C)CC(NC(=O)COc2ccccc2CN)C1. The van der Waals surface area contributed by atoms with Crippen molar-refractivity contribution >= 4 is 5.91 Å². The first-order valence-electron chi connectivity index (χ1n) is 7.78. The van der Waals surface area contributed by atoms with Gasteiger partial charge in [0.05, 0.1) is 0 Å². The lowest BCUT2D eigenvalue weighted by atomic mass is 9.80. The van der Waals surface area contributed by atoms with Gasteiger partial charge in [-0.1, -0.05) is 32.0 Å². The highest BCUT2D eigenvalue weighted by Crippen LogP contribution is 2.28. The van der Waals surface area contributed by atoms with E-state index in [1.165, 1.54) is 6.42 Å². The molecule has 1 amide bonds. The van der Waals surface area contributed by atoms with Crippen molar-refractivity contribution in [3.05, 3.63) is 29.8 Å². The summed E-state index contributed by atoms with van der Waals surface area (Å²) in [6, 6.07) is 7.85. The van der Waals surface area contributed by atoms with Crippen LogP contribution in [0.5, 0.6) is 5.75 Å². The molecule has 2 unspecified atom stereocenters. The summed E-state index contributed by atoms with van der Waals surface area (Å²) >= 11 is 0. The molecule has 1 fully saturated rings. The fraction of sp³-hybridized carbons (Fsp3) is 0.588. The Morgan fingerprint density at radius 2 is 1.90 bits per heavy atom. The van der Waals surface area contributed by atoms with Gasteiger partial charge in [0.2, 0.25) is 0 Å². The highest BCUT2D eigenvalue weighted by molar-refractivity contribution is 5.77. The summed E-state index contributed by atoms with van der Waals surface area (Å²) in [4.78, 5) is 12.0. The first kappa shape index (κ1) is 15.8. The molecule has 1 aliphatic carbocycles. The van der Waals surface area contributed by atoms with Crippen molar-refractivity contribution in [1.82, 2.24) is 5.32 Å². The Hall–Kier alpha value is -1.55. The molecule has 4 nitrogen and oxygen atoms in total. The lowest BCUT2D eigenvalue weighted by Gasteiger charge is -2.31. The summed E-state index contributed by atoms with van der Waals surface area (Å²) in [7, 11) is 0. The minimum atomic E-state index is -0.0480. The zero-order chi connectivity index (χ0) is 15.2. The molecule has 0 aromatic heterocycles. The summed E-state index contributed by atoms with van der Waals surface area (Å²) in [5.41, 5.74) is 6.58. The average molecular weight is 290 g/mol. The van der Waals surface area contributed by atoms with Crippen LogP contribution in [-0.4, -0.2) is 18.6 Å². The smallest absolute Gasteiger partial charge is 0.258 e. The average Bonchev–Trinajstić information content (AvgIpc) is 2.44. The molecule has 0 heterocycles. The summed E-state index contributed by atoms with van der Waals surface area (Å²) in [6.45, 7) is 4.97. The standard InChI is InChI=1S/C17H26N2O2/c1-12-7-13(2)9-15(8-12)19-17(20)11-21-16-6-4-3-5-14(16)10-18/h3-6,12-13,15H,7-11,18H2,1-2H3,(H,19,20). The van der Waals surface area contributed by atoms with E-state index in [1.54, 1.807) is 0 Å². The second-order valence-corrected chi connectivity index (χ2v) is 6.28. The first-order chi connectivity index (χ1) is 10.1. The van der Waals surface area contributed by atoms with Crippen LogP contribution in [0.15, 0.2) is 24.3 Å². The van der Waals surface area contributed by atoms with E-state index in [1.807, 2.05) is 24.3 Å². The second kappa shape index (κ2) is 7.46. The van der Waals surface area contributed by atoms with Crippen molar-refractivity contribution in [2.45, 2.75) is 45.7 Å². The fourth-order valence-electron chi connectivity index (χ4n) is 3.29. The van der Waals surface area contributed by atoms with E-state index in [4.69, 9.17) is 10.5 Å². The lowest BCUT2D eigenvalue weighted by Crippen LogP contribution is -2.42. The maximum Gasteiger partial charge on any atom is 0.258 e. The maximum atomic E-state index is 12.0. The van der Waals surface area contributed by atoms with Gasteiger partial charge in [0, 0.05) is 18.2 Å². The molecule has 0 saturated heterocycles. The minimum Gasteiger partial charge on any atom is -0.483 e. The molecule has 0 aliphatic heterocycles. The Kier molecular flexibility index (Phi) is 5.62. The molecule has 0 spiro atoms. The molecule has 2 rings (SSSR count). The molecule has 3 N–H and O–H groups in total. The predicted octanol–water partition coefficient (Wildman–Crippen LogP) is 2.46. The van der Waals surface area contributed by atoms with E-state index in [0.29, 0.717) is 24.1 Å². The Labute approximate surface area is 127 Å². The van der Waals surface area contributed by atoms with E-state index in [2.05, 4.69) is 19.2 Å². The molecule has 116 valence electrons. The third kappa shape index (κ3) is 4.74. The number of amides is 1. The lowest BCUT2D eigenvalue weighted by molar-refractivity contribution is -0.124. The van der Waals surface area contributed by atoms with Gasteiger partial charge >= 0.3 is 0 Å². The van der Waals surface area contributed by atoms with Gasteiger partial charge in [0.1, 0.15) is 5.75 Å². The van der Waals surface area contributed by atoms with Gasteiger partial charge in [0.25, 0.3) is 5.91 Å². The van der Waals surface area contributed by atoms with Gasteiger partial charge in [-0.15, -0.1) is 0 Å². The monoisotopic (exact) mass is 290 g/mol. The van der Waals surface area contributed by atoms with Crippen LogP contribution in [0, 0.1) is 11.8 Å². The number of benzene rings is 1. The molecule has 1 aromatic carbocycles. The second-order valence-electron chi connectivity index (χ2n) is 6.28. The normalized spacial score (nSPS) is 25.4. The van der Waals surface area contributed by atoms with E-state index >= 15 is 0 Å². The van der Waals surface area contributed by atoms with Gasteiger partial charge in [-0.3, -0.25) is 4.79 Å². The molecular weight excluding hydrogens is 264 g/mol. The van der Waals surface area contributed by atoms with Gasteiger partial charge in [-0.05, 0) is 37.2 Å². The number of carbonyl (C=O) groups is 1. The summed E-state index contributed by atoms with van der Waals surface area (Å²) in [6.07, 6.45) is 3.39. The van der Waals surface area contributed by atoms with Crippen LogP contribution in [0.4, 0.5) is 0 Å². The van der Waals surface area contributed by atoms with Crippen molar-refractivity contribution in [3.8, 4) is 5.75 Å². The third-order valence-electron chi connectivity index (χ3n) is 4.09. The van der Waals surface area contributed by atoms with Gasteiger partial charge in [0.15, 0.2) is 6.61 Å². The molecule has 4 heteroatoms. The van der Waals surface area contributed by atoms with Crippen LogP contribution < -0.4 is 15.8 Å². The van der Waals surface area contributed by atoms with Gasteiger partial charge < -0.3 is 15.8 Å². The zero-order valence-corrected chi connectivity index (χ0v) is 13.0. The van der Waals surface area contributed by atoms with Crippen LogP contribution >= 0.6 is 0 Å². The van der Waals surface area contributed by atoms with Crippen LogP contribution in [0.1, 0.15) is 38.7 Å². The van der Waals surface area contributed by atoms with E-state index in [0.717, 1.165) is 18.4 Å². The third-order valence-corrected chi connectivity index (χ3v) is 4.09. The Balaban J connectivity index is 1.82. The highest BCUT2D eigenvalue weighted by Gasteiger charge is 2.25. The molecule has 0 radical (unpaired) electrons. The van der Waals surface area contributed by atoms with Crippen LogP contribution in [0.2, 0.25) is 0 Å². The quantitative estimate of drug-likeness (QED) is 0.875. The number of ether oxygens (including phenoxy) is 1. The Bertz CT molecular complexity index is 466. The van der Waals surface area contributed by atoms with E-state index in [9.17, 15) is 4.79 Å². The number of carbonyl (C=O) groups excluding carboxylic acids is 1. The van der Waals surface area contributed by atoms with Crippen molar-refractivity contribution in [2.24, 2.45) is 17.6 Å². The number of para-hydroxylation sites is 1. The Morgan fingerprint density at radius 3 is 2.57 bits per heavy atom. The largest absolute Gasteiger partial charge is 0.483 e. The topological polar surface area (TPSA) is 64.3 Å². The van der Waals surface area contributed by atoms with E-state index < -0.39 is 0 Å². The van der Waals surface area contributed by atoms with Crippen LogP contribution in [0.25, 0.3) is 0 Å². The van der Waals surface area contributed by atoms with Crippen LogP contribution in [-0.2, 0) is 11.3 Å². The molecule has 0 bridgehead atoms. The maximum absolute atomic E-state index is 12.0. The molecule has 1 aliphatic rings. The highest BCUT2D eigenvalue weighted by atomic mass is 16.5. The Morgan fingerprint density at radius 1 is 1.24 bits per heavy atom. The summed E-state index contributed by atoms with van der Waals surface area (Å²) < 4.78 is 5.59. The molecule has 21 heavy (non-hydrogen) atoms. The number of hydrogen-bond acceptors (Lipinski definition) is 3. The summed E-state index contributed by atoms with van der Waals surface area (Å²) in [5, 5.41) is 3.09. The zero-order valence-electron chi connectivity index (χ0n) is 13.0. The number of nitrogens with two attached hydrogens (primary N) is 1. The molecule has 1 saturated carbocycles. The van der Waals surface area contributed by atoms with Crippen molar-refractivity contribution in [2.75, 3.05) is 6.61 Å². The predicted molar refractivity (Wildman–Crippen MR) is 83.9 cm³/mol. The number of rotatable bonds is 5. The first-order valence-corrected chi connectivity index (χ1v) is 7.78. The number of hydrogen-bond donors (Lipinski definition) is 2. The van der Waals surface area contributed by atoms with Crippen molar-refractivity contribution in [3.63, 3.8) is 0 Å². The molecular formula is C17H26N2O2. The van der Waals surface area contributed by atoms with Crippen molar-refractivity contribution < 1.29 is 9.53 Å². The fourth-order valence-corrected chi connectivity index (χ4v) is 3.29. The minimum absolute atomic E-state index is 0.0480. The van der Waals surface area contributed by atoms with Crippen molar-refractivity contribution in [1.29, 1.82) is 0 Å². The number of nitrogens with one attached hydrogen (secondary N) is 1.